The van der Waals surface area contributed by atoms with Crippen LogP contribution in [0.15, 0.2) is 11.2 Å². The van der Waals surface area contributed by atoms with Crippen molar-refractivity contribution < 1.29 is 0 Å². The Morgan fingerprint density at radius 3 is 3.00 bits per heavy atom. The predicted octanol–water partition coefficient (Wildman–Crippen LogP) is 0.810. The number of aliphatic imine (C=N–C) groups is 1. The van der Waals surface area contributed by atoms with E-state index in [1.54, 1.807) is 6.21 Å². The minimum atomic E-state index is 0.787. The second-order valence-electron chi connectivity index (χ2n) is 2.49. The number of hydrogen-bond acceptors (Lipinski definition) is 2. The summed E-state index contributed by atoms with van der Waals surface area (Å²) in [4.78, 5) is 6.31. The molecule has 1 aliphatic carbocycles. The first-order chi connectivity index (χ1) is 4.47. The first-order valence-corrected chi connectivity index (χ1v) is 3.30. The molecular formula is C7H9N2. The maximum Gasteiger partial charge on any atom is 0.110 e. The molecule has 2 aliphatic rings. The summed E-state index contributed by atoms with van der Waals surface area (Å²) >= 11 is 0. The minimum absolute atomic E-state index is 0.787. The Bertz CT molecular complexity index is 156. The molecule has 1 aliphatic heterocycles. The van der Waals surface area contributed by atoms with Crippen LogP contribution in [0.4, 0.5) is 0 Å². The standard InChI is InChI=1S/C7H9N2/c1-4-8-6-9(5-1)7-2-3-7/h4-5,7H,2-3,6H2. The maximum atomic E-state index is 4.08. The summed E-state index contributed by atoms with van der Waals surface area (Å²) in [5.41, 5.74) is 0. The highest BCUT2D eigenvalue weighted by molar-refractivity contribution is 5.66. The zero-order valence-electron chi connectivity index (χ0n) is 5.25. The number of rotatable bonds is 1. The van der Waals surface area contributed by atoms with Gasteiger partial charge in [0.2, 0.25) is 0 Å². The second-order valence-corrected chi connectivity index (χ2v) is 2.49. The Labute approximate surface area is 54.9 Å². The molecule has 1 fully saturated rings. The van der Waals surface area contributed by atoms with Crippen LogP contribution in [0.25, 0.3) is 0 Å². The van der Waals surface area contributed by atoms with Crippen molar-refractivity contribution >= 4 is 6.21 Å². The first kappa shape index (κ1) is 5.03. The number of hydrogen-bond donors (Lipinski definition) is 0. The van der Waals surface area contributed by atoms with Gasteiger partial charge >= 0.3 is 0 Å². The van der Waals surface area contributed by atoms with Gasteiger partial charge in [-0.1, -0.05) is 0 Å². The summed E-state index contributed by atoms with van der Waals surface area (Å²) in [5.74, 6) is 0. The first-order valence-electron chi connectivity index (χ1n) is 3.30. The van der Waals surface area contributed by atoms with Crippen LogP contribution in [0.2, 0.25) is 0 Å². The third-order valence-electron chi connectivity index (χ3n) is 1.67. The summed E-state index contributed by atoms with van der Waals surface area (Å²) in [6.45, 7) is 0.845. The fraction of sp³-hybridized carbons (Fsp3) is 0.571. The molecule has 1 radical (unpaired) electrons. The zero-order valence-corrected chi connectivity index (χ0v) is 5.25. The quantitative estimate of drug-likeness (QED) is 0.501. The molecule has 0 atom stereocenters. The van der Waals surface area contributed by atoms with Crippen molar-refractivity contribution in [2.75, 3.05) is 6.67 Å². The van der Waals surface area contributed by atoms with Gasteiger partial charge in [-0.3, -0.25) is 4.99 Å². The van der Waals surface area contributed by atoms with Crippen molar-refractivity contribution in [3.05, 3.63) is 12.3 Å². The van der Waals surface area contributed by atoms with E-state index in [0.29, 0.717) is 0 Å². The molecule has 47 valence electrons. The van der Waals surface area contributed by atoms with Crippen LogP contribution >= 0.6 is 0 Å². The van der Waals surface area contributed by atoms with E-state index in [0.717, 1.165) is 12.7 Å². The molecular weight excluding hydrogens is 112 g/mol. The monoisotopic (exact) mass is 121 g/mol. The Kier molecular flexibility index (Phi) is 1.04. The Morgan fingerprint density at radius 1 is 1.56 bits per heavy atom. The van der Waals surface area contributed by atoms with Crippen molar-refractivity contribution in [3.8, 4) is 0 Å². The van der Waals surface area contributed by atoms with Crippen molar-refractivity contribution in [2.24, 2.45) is 4.99 Å². The lowest BCUT2D eigenvalue weighted by Gasteiger charge is -2.17. The normalized spacial score (nSPS) is 25.1. The molecule has 2 heteroatoms. The molecule has 0 N–H and O–H groups in total. The lowest BCUT2D eigenvalue weighted by molar-refractivity contribution is 0.375. The van der Waals surface area contributed by atoms with E-state index in [-0.39, 0.29) is 0 Å². The molecule has 0 spiro atoms. The van der Waals surface area contributed by atoms with Crippen molar-refractivity contribution in [2.45, 2.75) is 18.9 Å². The molecule has 1 heterocycles. The van der Waals surface area contributed by atoms with Crippen LogP contribution < -0.4 is 0 Å². The summed E-state index contributed by atoms with van der Waals surface area (Å²) in [6, 6.07) is 0.787. The molecule has 0 unspecified atom stereocenters. The SMILES string of the molecule is [C]1=CN(C2CC2)CN=C1. The zero-order chi connectivity index (χ0) is 6.10. The van der Waals surface area contributed by atoms with E-state index in [1.165, 1.54) is 12.8 Å². The van der Waals surface area contributed by atoms with Gasteiger partial charge in [0.25, 0.3) is 0 Å². The van der Waals surface area contributed by atoms with Gasteiger partial charge in [0.05, 0.1) is 0 Å². The van der Waals surface area contributed by atoms with Crippen LogP contribution in [0.3, 0.4) is 0 Å². The van der Waals surface area contributed by atoms with Gasteiger partial charge < -0.3 is 4.90 Å². The second kappa shape index (κ2) is 1.87. The van der Waals surface area contributed by atoms with Gasteiger partial charge in [0, 0.05) is 24.5 Å². The number of allylic oxidation sites excluding steroid dienone is 1. The predicted molar refractivity (Wildman–Crippen MR) is 36.0 cm³/mol. The van der Waals surface area contributed by atoms with Gasteiger partial charge in [-0.15, -0.1) is 0 Å². The summed E-state index contributed by atoms with van der Waals surface area (Å²) < 4.78 is 0. The summed E-state index contributed by atoms with van der Waals surface area (Å²) in [6.07, 6.45) is 9.39. The lowest BCUT2D eigenvalue weighted by atomic mass is 10.5. The average molecular weight is 121 g/mol. The highest BCUT2D eigenvalue weighted by Gasteiger charge is 2.26. The van der Waals surface area contributed by atoms with Crippen molar-refractivity contribution in [1.82, 2.24) is 4.90 Å². The molecule has 0 amide bonds. The summed E-state index contributed by atoms with van der Waals surface area (Å²) in [5, 5.41) is 0. The van der Waals surface area contributed by atoms with Crippen molar-refractivity contribution in [1.29, 1.82) is 0 Å². The summed E-state index contributed by atoms with van der Waals surface area (Å²) in [7, 11) is 0. The van der Waals surface area contributed by atoms with E-state index in [4.69, 9.17) is 0 Å². The van der Waals surface area contributed by atoms with Crippen LogP contribution in [0, 0.1) is 6.08 Å². The van der Waals surface area contributed by atoms with Gasteiger partial charge in [-0.25, -0.2) is 0 Å². The van der Waals surface area contributed by atoms with Gasteiger partial charge in [-0.05, 0) is 12.8 Å². The Balaban J connectivity index is 1.98. The van der Waals surface area contributed by atoms with E-state index >= 15 is 0 Å². The van der Waals surface area contributed by atoms with E-state index in [9.17, 15) is 0 Å². The minimum Gasteiger partial charge on any atom is -0.355 e. The van der Waals surface area contributed by atoms with E-state index in [2.05, 4.69) is 16.0 Å². The highest BCUT2D eigenvalue weighted by Crippen LogP contribution is 2.27. The van der Waals surface area contributed by atoms with Gasteiger partial charge in [0.1, 0.15) is 6.67 Å². The molecule has 2 rings (SSSR count). The topological polar surface area (TPSA) is 15.6 Å². The van der Waals surface area contributed by atoms with Crippen LogP contribution in [0.5, 0.6) is 0 Å². The largest absolute Gasteiger partial charge is 0.355 e. The molecule has 9 heavy (non-hydrogen) atoms. The Hall–Kier alpha value is -0.790. The fourth-order valence-electron chi connectivity index (χ4n) is 0.985. The van der Waals surface area contributed by atoms with Crippen LogP contribution in [0.1, 0.15) is 12.8 Å². The number of nitrogens with zero attached hydrogens (tertiary/aromatic N) is 2. The van der Waals surface area contributed by atoms with Gasteiger partial charge in [-0.2, -0.15) is 0 Å². The lowest BCUT2D eigenvalue weighted by Crippen LogP contribution is -2.21. The third kappa shape index (κ3) is 0.969. The third-order valence-corrected chi connectivity index (χ3v) is 1.67. The molecule has 0 aromatic rings. The van der Waals surface area contributed by atoms with E-state index in [1.807, 2.05) is 6.20 Å². The fourth-order valence-corrected chi connectivity index (χ4v) is 0.985. The molecule has 0 aromatic carbocycles. The molecule has 0 aromatic heterocycles. The average Bonchev–Trinajstić information content (AvgIpc) is 2.71. The molecule has 2 nitrogen and oxygen atoms in total. The van der Waals surface area contributed by atoms with Crippen LogP contribution in [-0.4, -0.2) is 23.8 Å². The molecule has 0 bridgehead atoms. The Morgan fingerprint density at radius 2 is 2.44 bits per heavy atom. The molecule has 0 saturated heterocycles. The van der Waals surface area contributed by atoms with Crippen LogP contribution in [-0.2, 0) is 0 Å². The maximum absolute atomic E-state index is 4.08. The van der Waals surface area contributed by atoms with Crippen molar-refractivity contribution in [3.63, 3.8) is 0 Å². The highest BCUT2D eigenvalue weighted by atomic mass is 15.2. The smallest absolute Gasteiger partial charge is 0.110 e. The van der Waals surface area contributed by atoms with Gasteiger partial charge in [0.15, 0.2) is 0 Å². The van der Waals surface area contributed by atoms with E-state index < -0.39 is 0 Å². The molecule has 1 saturated carbocycles.